The van der Waals surface area contributed by atoms with Gasteiger partial charge in [0.15, 0.2) is 6.29 Å². The molecule has 0 saturated carbocycles. The highest BCUT2D eigenvalue weighted by Crippen LogP contribution is 2.26. The van der Waals surface area contributed by atoms with Crippen molar-refractivity contribution in [1.29, 1.82) is 0 Å². The average Bonchev–Trinajstić information content (AvgIpc) is 3.50. The molecule has 0 amide bonds. The molecule has 0 atom stereocenters. The molecule has 0 bridgehead atoms. The Balaban J connectivity index is 1.72. The standard InChI is InChI=1S/C27H30F2N5O6P/c1-32-25-13-18(23(29)14-21(25)27(36)39-9-10-40-41(37)38)4-2-3-17-11-20(19(15-35)12-22(17)28)24(30)5-6-26(31)34-8-7-33-16-34/h5-8,11-16,32,37-38H,2-4,9-10,30-31H2,1H3/b24-5-,26-6+. The van der Waals surface area contributed by atoms with E-state index in [-0.39, 0.29) is 42.9 Å². The van der Waals surface area contributed by atoms with Crippen LogP contribution in [0.1, 0.15) is 43.8 Å². The molecular formula is C27H30F2N5O6P. The minimum atomic E-state index is -2.57. The monoisotopic (exact) mass is 589 g/mol. The fourth-order valence-electron chi connectivity index (χ4n) is 3.92. The molecule has 7 N–H and O–H groups in total. The van der Waals surface area contributed by atoms with Crippen LogP contribution in [0.25, 0.3) is 11.5 Å². The molecule has 0 aliphatic heterocycles. The molecule has 41 heavy (non-hydrogen) atoms. The first kappa shape index (κ1) is 31.4. The highest BCUT2D eigenvalue weighted by Gasteiger charge is 2.18. The molecule has 11 nitrogen and oxygen atoms in total. The fraction of sp³-hybridized carbons (Fsp3) is 0.222. The number of esters is 1. The van der Waals surface area contributed by atoms with Crippen LogP contribution in [0, 0.1) is 11.6 Å². The number of imidazole rings is 1. The maximum absolute atomic E-state index is 14.9. The van der Waals surface area contributed by atoms with E-state index in [1.165, 1.54) is 30.6 Å². The molecule has 0 saturated heterocycles. The SMILES string of the molecule is CNc1cc(CCCc2cc(/C(N)=C/C=C(\N)n3ccnc3)c(C=O)cc2F)c(F)cc1C(=O)OCCOP(O)O. The van der Waals surface area contributed by atoms with Gasteiger partial charge in [-0.15, -0.1) is 0 Å². The van der Waals surface area contributed by atoms with Crippen molar-refractivity contribution in [2.45, 2.75) is 19.3 Å². The Hall–Kier alpha value is -4.16. The van der Waals surface area contributed by atoms with Crippen LogP contribution in [0.4, 0.5) is 14.5 Å². The zero-order chi connectivity index (χ0) is 29.9. The largest absolute Gasteiger partial charge is 0.460 e. The van der Waals surface area contributed by atoms with Gasteiger partial charge in [-0.3, -0.25) is 9.36 Å². The second kappa shape index (κ2) is 15.0. The normalized spacial score (nSPS) is 12.0. The number of aryl methyl sites for hydroxylation is 2. The van der Waals surface area contributed by atoms with Crippen LogP contribution in [0.5, 0.6) is 0 Å². The molecule has 0 radical (unpaired) electrons. The first-order chi connectivity index (χ1) is 19.6. The van der Waals surface area contributed by atoms with E-state index in [1.54, 1.807) is 24.0 Å². The number of halogens is 2. The molecule has 2 aromatic carbocycles. The number of carbonyl (C=O) groups is 2. The topological polar surface area (TPSA) is 175 Å². The molecule has 14 heteroatoms. The lowest BCUT2D eigenvalue weighted by Crippen LogP contribution is -2.13. The molecule has 0 spiro atoms. The van der Waals surface area contributed by atoms with Crippen LogP contribution >= 0.6 is 8.60 Å². The van der Waals surface area contributed by atoms with E-state index in [1.807, 2.05) is 0 Å². The van der Waals surface area contributed by atoms with E-state index in [0.717, 1.165) is 12.1 Å². The highest BCUT2D eigenvalue weighted by molar-refractivity contribution is 7.39. The van der Waals surface area contributed by atoms with Gasteiger partial charge in [0.2, 0.25) is 0 Å². The third-order valence-corrected chi connectivity index (χ3v) is 6.40. The summed E-state index contributed by atoms with van der Waals surface area (Å²) in [5.41, 5.74) is 13.6. The summed E-state index contributed by atoms with van der Waals surface area (Å²) in [6.07, 6.45) is 9.05. The molecule has 3 aromatic rings. The Morgan fingerprint density at radius 3 is 2.41 bits per heavy atom. The van der Waals surface area contributed by atoms with E-state index in [4.69, 9.17) is 26.0 Å². The first-order valence-electron chi connectivity index (χ1n) is 12.3. The Morgan fingerprint density at radius 2 is 1.78 bits per heavy atom. The number of rotatable bonds is 14. The van der Waals surface area contributed by atoms with E-state index in [9.17, 15) is 18.4 Å². The summed E-state index contributed by atoms with van der Waals surface area (Å²) in [5, 5.41) is 2.82. The Labute approximate surface area is 236 Å². The molecular weight excluding hydrogens is 559 g/mol. The highest BCUT2D eigenvalue weighted by atomic mass is 31.2. The van der Waals surface area contributed by atoms with E-state index in [0.29, 0.717) is 40.9 Å². The first-order valence-corrected chi connectivity index (χ1v) is 13.5. The van der Waals surface area contributed by atoms with Gasteiger partial charge in [-0.2, -0.15) is 0 Å². The third-order valence-electron chi connectivity index (χ3n) is 5.98. The number of nitrogens with one attached hydrogen (secondary N) is 1. The predicted molar refractivity (Wildman–Crippen MR) is 150 cm³/mol. The summed E-state index contributed by atoms with van der Waals surface area (Å²) in [5.74, 6) is -1.72. The van der Waals surface area contributed by atoms with Crippen LogP contribution in [0.3, 0.4) is 0 Å². The number of hydrogen-bond donors (Lipinski definition) is 5. The molecule has 1 aromatic heterocycles. The lowest BCUT2D eigenvalue weighted by Gasteiger charge is -2.13. The molecule has 0 fully saturated rings. The van der Waals surface area contributed by atoms with Gasteiger partial charge in [-0.05, 0) is 66.8 Å². The quantitative estimate of drug-likeness (QED) is 0.0617. The summed E-state index contributed by atoms with van der Waals surface area (Å²) in [7, 11) is -1.01. The van der Waals surface area contributed by atoms with Gasteiger partial charge >= 0.3 is 14.6 Å². The summed E-state index contributed by atoms with van der Waals surface area (Å²) < 4.78 is 40.7. The fourth-order valence-corrected chi connectivity index (χ4v) is 4.16. The molecule has 1 heterocycles. The molecule has 0 aliphatic carbocycles. The number of carbonyl (C=O) groups excluding carboxylic acids is 2. The lowest BCUT2D eigenvalue weighted by atomic mass is 9.96. The van der Waals surface area contributed by atoms with Gasteiger partial charge in [0.05, 0.1) is 12.2 Å². The Kier molecular flexibility index (Phi) is 11.5. The zero-order valence-corrected chi connectivity index (χ0v) is 23.0. The number of nitrogens with two attached hydrogens (primary N) is 2. The van der Waals surface area contributed by atoms with Crippen LogP contribution in [-0.2, 0) is 22.1 Å². The van der Waals surface area contributed by atoms with Crippen LogP contribution in [0.15, 0.2) is 55.1 Å². The van der Waals surface area contributed by atoms with Crippen LogP contribution in [0.2, 0.25) is 0 Å². The number of aromatic nitrogens is 2. The van der Waals surface area contributed by atoms with Gasteiger partial charge in [-0.1, -0.05) is 0 Å². The summed E-state index contributed by atoms with van der Waals surface area (Å²) >= 11 is 0. The van der Waals surface area contributed by atoms with Gasteiger partial charge in [0, 0.05) is 42.0 Å². The Morgan fingerprint density at radius 1 is 1.07 bits per heavy atom. The van der Waals surface area contributed by atoms with Gasteiger partial charge < -0.3 is 35.8 Å². The molecule has 3 rings (SSSR count). The number of allylic oxidation sites excluding steroid dienone is 2. The minimum absolute atomic E-state index is 0.0471. The second-order valence-electron chi connectivity index (χ2n) is 8.65. The number of benzene rings is 2. The van der Waals surface area contributed by atoms with Crippen molar-refractivity contribution >= 4 is 38.1 Å². The lowest BCUT2D eigenvalue weighted by molar-refractivity contribution is 0.0441. The van der Waals surface area contributed by atoms with Crippen molar-refractivity contribution < 1.29 is 37.4 Å². The van der Waals surface area contributed by atoms with E-state index >= 15 is 0 Å². The van der Waals surface area contributed by atoms with Crippen molar-refractivity contribution in [2.24, 2.45) is 11.5 Å². The summed E-state index contributed by atoms with van der Waals surface area (Å²) in [4.78, 5) is 45.3. The summed E-state index contributed by atoms with van der Waals surface area (Å²) in [6, 6.07) is 5.11. The number of nitrogens with zero attached hydrogens (tertiary/aromatic N) is 2. The van der Waals surface area contributed by atoms with Crippen molar-refractivity contribution in [3.05, 3.63) is 94.6 Å². The van der Waals surface area contributed by atoms with E-state index in [2.05, 4.69) is 14.8 Å². The molecule has 0 unspecified atom stereocenters. The molecule has 218 valence electrons. The molecule has 0 aliphatic rings. The van der Waals surface area contributed by atoms with Gasteiger partial charge in [-0.25, -0.2) is 18.6 Å². The van der Waals surface area contributed by atoms with E-state index < -0.39 is 26.2 Å². The number of hydrogen-bond acceptors (Lipinski definition) is 10. The van der Waals surface area contributed by atoms with Crippen molar-refractivity contribution in [2.75, 3.05) is 25.6 Å². The number of ether oxygens (including phenoxy) is 1. The minimum Gasteiger partial charge on any atom is -0.460 e. The maximum Gasteiger partial charge on any atom is 0.340 e. The van der Waals surface area contributed by atoms with Crippen molar-refractivity contribution in [3.8, 4) is 0 Å². The van der Waals surface area contributed by atoms with Crippen molar-refractivity contribution in [1.82, 2.24) is 9.55 Å². The van der Waals surface area contributed by atoms with Crippen LogP contribution in [-0.4, -0.2) is 51.9 Å². The van der Waals surface area contributed by atoms with Crippen LogP contribution < -0.4 is 16.8 Å². The average molecular weight is 590 g/mol. The Bertz CT molecular complexity index is 1430. The predicted octanol–water partition coefficient (Wildman–Crippen LogP) is 3.33. The zero-order valence-electron chi connectivity index (χ0n) is 22.1. The van der Waals surface area contributed by atoms with Gasteiger partial charge in [0.25, 0.3) is 0 Å². The maximum atomic E-state index is 14.9. The second-order valence-corrected chi connectivity index (χ2v) is 9.41. The third kappa shape index (κ3) is 8.66. The smallest absolute Gasteiger partial charge is 0.340 e. The number of aldehydes is 1. The summed E-state index contributed by atoms with van der Waals surface area (Å²) in [6.45, 7) is -0.487. The van der Waals surface area contributed by atoms with Crippen molar-refractivity contribution in [3.63, 3.8) is 0 Å². The number of anilines is 1. The van der Waals surface area contributed by atoms with Gasteiger partial charge in [0.1, 0.15) is 30.4 Å².